The molecule has 6 bridgehead atoms. The molecule has 0 spiro atoms. The summed E-state index contributed by atoms with van der Waals surface area (Å²) in [5, 5.41) is 20.6. The van der Waals surface area contributed by atoms with Crippen LogP contribution in [-0.4, -0.2) is 158 Å². The maximum absolute atomic E-state index is 14.2. The van der Waals surface area contributed by atoms with E-state index in [-0.39, 0.29) is 71.9 Å². The van der Waals surface area contributed by atoms with Crippen molar-refractivity contribution < 1.29 is 62.4 Å². The number of hydrogen-bond donors (Lipinski definition) is 4. The monoisotopic (exact) mass is 1090 g/mol. The van der Waals surface area contributed by atoms with Crippen molar-refractivity contribution in [3.8, 4) is 5.75 Å². The topological polar surface area (TPSA) is 232 Å². The number of benzene rings is 2. The van der Waals surface area contributed by atoms with Gasteiger partial charge in [-0.3, -0.25) is 29.3 Å². The second-order valence-corrected chi connectivity index (χ2v) is 22.5. The molecule has 0 radical (unpaired) electrons. The van der Waals surface area contributed by atoms with Crippen LogP contribution in [0.5, 0.6) is 5.75 Å². The normalized spacial score (nSPS) is 28.1. The van der Waals surface area contributed by atoms with Gasteiger partial charge >= 0.3 is 12.1 Å². The summed E-state index contributed by atoms with van der Waals surface area (Å²) in [7, 11) is 7.72. The van der Waals surface area contributed by atoms with Gasteiger partial charge in [-0.2, -0.15) is 11.8 Å². The fourth-order valence-electron chi connectivity index (χ4n) is 10.5. The first kappa shape index (κ1) is 58.0. The molecule has 3 fully saturated rings. The van der Waals surface area contributed by atoms with Crippen molar-refractivity contribution >= 4 is 70.6 Å². The molecule has 2 aromatic rings. The number of amides is 6. The van der Waals surface area contributed by atoms with E-state index >= 15 is 0 Å². The van der Waals surface area contributed by atoms with Gasteiger partial charge in [-0.25, -0.2) is 9.59 Å². The molecule has 19 nitrogen and oxygen atoms in total. The van der Waals surface area contributed by atoms with E-state index in [1.807, 2.05) is 31.2 Å². The summed E-state index contributed by atoms with van der Waals surface area (Å²) < 4.78 is 29.4. The van der Waals surface area contributed by atoms with E-state index in [1.54, 1.807) is 50.2 Å². The second kappa shape index (κ2) is 25.2. The fourth-order valence-corrected chi connectivity index (χ4v) is 11.6. The lowest BCUT2D eigenvalue weighted by molar-refractivity contribution is -0.283. The van der Waals surface area contributed by atoms with Crippen LogP contribution in [-0.2, 0) is 62.3 Å². The lowest BCUT2D eigenvalue weighted by Crippen LogP contribution is -2.69. The predicted molar refractivity (Wildman–Crippen MR) is 286 cm³/mol. The molecule has 76 heavy (non-hydrogen) atoms. The van der Waals surface area contributed by atoms with Crippen molar-refractivity contribution in [2.45, 2.75) is 133 Å². The number of likely N-dealkylation sites (N-methyl/N-ethyl adjacent to an activating group) is 1. The van der Waals surface area contributed by atoms with Crippen molar-refractivity contribution in [3.05, 3.63) is 81.4 Å². The Morgan fingerprint density at radius 3 is 2.50 bits per heavy atom. The molecule has 2 aromatic carbocycles. The van der Waals surface area contributed by atoms with E-state index in [2.05, 4.69) is 16.0 Å². The van der Waals surface area contributed by atoms with Gasteiger partial charge in [-0.1, -0.05) is 47.5 Å². The van der Waals surface area contributed by atoms with E-state index in [9.17, 15) is 38.7 Å². The van der Waals surface area contributed by atoms with Crippen molar-refractivity contribution in [2.24, 2.45) is 11.8 Å². The van der Waals surface area contributed by atoms with Crippen LogP contribution in [0.25, 0.3) is 0 Å². The van der Waals surface area contributed by atoms with Crippen molar-refractivity contribution in [1.29, 1.82) is 0 Å². The molecule has 6 amide bonds. The third-order valence-corrected chi connectivity index (χ3v) is 16.8. The number of hydrogen-bond acceptors (Lipinski definition) is 14. The van der Waals surface area contributed by atoms with Crippen LogP contribution in [0.3, 0.4) is 0 Å². The Kier molecular flexibility index (Phi) is 19.2. The Labute approximate surface area is 454 Å². The summed E-state index contributed by atoms with van der Waals surface area (Å²) in [6.45, 7) is 6.76. The zero-order chi connectivity index (χ0) is 55.1. The molecule has 7 atom stereocenters. The number of rotatable bonds is 16. The van der Waals surface area contributed by atoms with Gasteiger partial charge in [-0.15, -0.1) is 0 Å². The number of nitrogens with zero attached hydrogens (tertiary/aromatic N) is 3. The van der Waals surface area contributed by atoms with Crippen molar-refractivity contribution in [1.82, 2.24) is 25.8 Å². The van der Waals surface area contributed by atoms with Gasteiger partial charge in [0.15, 0.2) is 5.72 Å². The molecule has 5 unspecified atom stereocenters. The smallest absolute Gasteiger partial charge is 0.409 e. The highest BCUT2D eigenvalue weighted by Gasteiger charge is 2.58. The number of thioether (sulfide) groups is 1. The number of carbonyl (C=O) groups excluding carboxylic acids is 7. The van der Waals surface area contributed by atoms with Gasteiger partial charge in [0.2, 0.25) is 23.6 Å². The van der Waals surface area contributed by atoms with E-state index in [0.29, 0.717) is 49.7 Å². The van der Waals surface area contributed by atoms with Gasteiger partial charge in [0, 0.05) is 84.4 Å². The Bertz CT molecular complexity index is 2580. The molecular weight excluding hydrogens is 1020 g/mol. The first-order chi connectivity index (χ1) is 36.1. The van der Waals surface area contributed by atoms with Crippen molar-refractivity contribution in [2.75, 3.05) is 64.9 Å². The summed E-state index contributed by atoms with van der Waals surface area (Å²) in [4.78, 5) is 97.0. The largest absolute Gasteiger partial charge is 0.495 e. The number of nitrogens with one attached hydrogen (secondary N) is 3. The Balaban J connectivity index is 0.886. The quantitative estimate of drug-likeness (QED) is 0.124. The molecule has 5 aliphatic heterocycles. The minimum Gasteiger partial charge on any atom is -0.495 e. The molecule has 4 N–H and O–H groups in total. The highest BCUT2D eigenvalue weighted by Crippen LogP contribution is 2.45. The van der Waals surface area contributed by atoms with Crippen LogP contribution in [0, 0.1) is 11.8 Å². The number of esters is 1. The Hall–Kier alpha value is -5.67. The highest BCUT2D eigenvalue weighted by atomic mass is 35.5. The number of fused-ring (bicyclic) bond motifs is 7. The average Bonchev–Trinajstić information content (AvgIpc) is 3.67. The van der Waals surface area contributed by atoms with Crippen LogP contribution in [0.15, 0.2) is 54.1 Å². The van der Waals surface area contributed by atoms with Gasteiger partial charge in [-0.05, 0) is 100 Å². The number of anilines is 1. The number of ether oxygens (including phenoxy) is 5. The third kappa shape index (κ3) is 13.9. The van der Waals surface area contributed by atoms with Crippen molar-refractivity contribution in [3.63, 3.8) is 0 Å². The van der Waals surface area contributed by atoms with E-state index in [0.717, 1.165) is 53.5 Å². The van der Waals surface area contributed by atoms with Crippen LogP contribution < -0.4 is 25.6 Å². The standard InChI is InChI=1S/C55H73ClN6O13S/c1-32-10-9-11-44(72-8)55(70)28-45(74-53(69)59-55)54(3)27-43(75-54)41(26-48(65)62(6)40-24-36(22-32)25-42(71-7)49(40)56)73-52(68)33(2)61(5)47(64)19-21-76-31-46(63)58-29-35-13-15-37(16-14-35)50(66)57-20-18-34-12-17-38-30-60(4)51(67)39(38)23-34/h9-12,17,23-25,33,35,37,41,43-45,70H,13-16,18-22,26-31H2,1-8H3,(H,57,66)(H,58,63)(H,59,69)/b11-9+,32-10+/t33-,35?,37?,41-,43?,44?,45?,54?,55?/m0/s1. The SMILES string of the molecule is COc1cc2cc(c1Cl)N(C)C(=O)C[C@H](OC(=O)[C@H](C)N(C)C(=O)CCSCC(=O)NCC1CCC(C(=O)NCCc3ccc4c(c3)C(=O)N(C)C4)CC1)C1CC(C)(O1)C1CC(O)(NC(=O)O1)C(OC)/C=C/C=C(\C)C2. The minimum atomic E-state index is -1.88. The molecular formula is C55H73ClN6O13S. The molecule has 21 heteroatoms. The van der Waals surface area contributed by atoms with Crippen LogP contribution in [0.2, 0.25) is 5.02 Å². The van der Waals surface area contributed by atoms with E-state index < -0.39 is 59.8 Å². The molecule has 414 valence electrons. The molecule has 1 saturated carbocycles. The molecule has 5 heterocycles. The highest BCUT2D eigenvalue weighted by molar-refractivity contribution is 7.99. The van der Waals surface area contributed by atoms with Gasteiger partial charge in [0.05, 0.1) is 31.1 Å². The first-order valence-corrected chi connectivity index (χ1v) is 27.5. The van der Waals surface area contributed by atoms with E-state index in [4.69, 9.17) is 35.3 Å². The Morgan fingerprint density at radius 2 is 1.79 bits per heavy atom. The molecule has 6 aliphatic rings. The minimum absolute atomic E-state index is 0.0245. The summed E-state index contributed by atoms with van der Waals surface area (Å²) in [5.74, 6) is -0.707. The maximum atomic E-state index is 14.2. The number of methoxy groups -OCH3 is 2. The van der Waals surface area contributed by atoms with Gasteiger partial charge in [0.25, 0.3) is 5.91 Å². The fraction of sp³-hybridized carbons (Fsp3) is 0.582. The molecule has 2 saturated heterocycles. The number of alkyl carbamates (subject to hydrolysis) is 1. The summed E-state index contributed by atoms with van der Waals surface area (Å²) >= 11 is 8.10. The zero-order valence-electron chi connectivity index (χ0n) is 44.7. The summed E-state index contributed by atoms with van der Waals surface area (Å²) in [6, 6.07) is 8.41. The molecule has 8 rings (SSSR count). The van der Waals surface area contributed by atoms with Crippen LogP contribution >= 0.6 is 23.4 Å². The first-order valence-electron chi connectivity index (χ1n) is 26.0. The lowest BCUT2D eigenvalue weighted by atomic mass is 9.78. The summed E-state index contributed by atoms with van der Waals surface area (Å²) in [5.41, 5.74) is 1.78. The number of carbonyl (C=O) groups is 7. The van der Waals surface area contributed by atoms with Crippen LogP contribution in [0.1, 0.15) is 99.2 Å². The molecule has 0 aromatic heterocycles. The maximum Gasteiger partial charge on any atom is 0.409 e. The second-order valence-electron chi connectivity index (χ2n) is 21.0. The van der Waals surface area contributed by atoms with Gasteiger partial charge < -0.3 is 54.1 Å². The molecule has 1 aliphatic carbocycles. The number of aliphatic hydroxyl groups is 1. The summed E-state index contributed by atoms with van der Waals surface area (Å²) in [6.07, 6.45) is 4.27. The van der Waals surface area contributed by atoms with Crippen LogP contribution in [0.4, 0.5) is 10.5 Å². The zero-order valence-corrected chi connectivity index (χ0v) is 46.3. The average molecular weight is 1090 g/mol. The predicted octanol–water partition coefficient (Wildman–Crippen LogP) is 5.26. The number of allylic oxidation sites excluding steroid dienone is 3. The van der Waals surface area contributed by atoms with Gasteiger partial charge in [0.1, 0.15) is 40.7 Å². The van der Waals surface area contributed by atoms with E-state index in [1.165, 1.54) is 49.8 Å². The number of halogens is 1. The third-order valence-electron chi connectivity index (χ3n) is 15.4. The lowest BCUT2D eigenvalue weighted by Gasteiger charge is -2.54. The Morgan fingerprint density at radius 1 is 1.05 bits per heavy atom.